The van der Waals surface area contributed by atoms with Crippen molar-refractivity contribution in [3.05, 3.63) is 57.5 Å². The van der Waals surface area contributed by atoms with Crippen molar-refractivity contribution in [1.29, 1.82) is 0 Å². The molecule has 1 aromatic carbocycles. The highest BCUT2D eigenvalue weighted by Crippen LogP contribution is 2.31. The summed E-state index contributed by atoms with van der Waals surface area (Å²) in [5.74, 6) is 0.918. The summed E-state index contributed by atoms with van der Waals surface area (Å²) >= 11 is 3.51. The number of aryl methyl sites for hydroxylation is 2. The van der Waals surface area contributed by atoms with E-state index in [0.717, 1.165) is 10.2 Å². The third kappa shape index (κ3) is 2.45. The quantitative estimate of drug-likeness (QED) is 0.926. The molecule has 1 N–H and O–H groups in total. The molecule has 0 saturated carbocycles. The van der Waals surface area contributed by atoms with E-state index in [0.29, 0.717) is 0 Å². The van der Waals surface area contributed by atoms with Gasteiger partial charge >= 0.3 is 0 Å². The fraction of sp³-hybridized carbons (Fsp3) is 0.286. The van der Waals surface area contributed by atoms with Gasteiger partial charge in [-0.05, 0) is 54.0 Å². The zero-order valence-corrected chi connectivity index (χ0v) is 11.8. The summed E-state index contributed by atoms with van der Waals surface area (Å²) in [6, 6.07) is 8.48. The van der Waals surface area contributed by atoms with E-state index in [-0.39, 0.29) is 6.04 Å². The molecule has 0 aliphatic rings. The van der Waals surface area contributed by atoms with Gasteiger partial charge in [0.15, 0.2) is 0 Å². The van der Waals surface area contributed by atoms with Crippen LogP contribution in [0.2, 0.25) is 0 Å². The lowest BCUT2D eigenvalue weighted by molar-refractivity contribution is 0.460. The molecule has 90 valence electrons. The summed E-state index contributed by atoms with van der Waals surface area (Å²) in [6.07, 6.45) is 1.70. The Hall–Kier alpha value is -1.06. The number of hydrogen-bond acceptors (Lipinski definition) is 2. The van der Waals surface area contributed by atoms with Gasteiger partial charge in [-0.3, -0.25) is 0 Å². The Kier molecular flexibility index (Phi) is 3.69. The van der Waals surface area contributed by atoms with Crippen molar-refractivity contribution in [2.24, 2.45) is 0 Å². The Balaban J connectivity index is 2.49. The number of furan rings is 1. The van der Waals surface area contributed by atoms with Crippen molar-refractivity contribution in [1.82, 2.24) is 5.32 Å². The molecule has 1 unspecified atom stereocenters. The Morgan fingerprint density at radius 3 is 2.59 bits per heavy atom. The predicted octanol–water partition coefficient (Wildman–Crippen LogP) is 3.97. The van der Waals surface area contributed by atoms with Gasteiger partial charge in [0.25, 0.3) is 0 Å². The topological polar surface area (TPSA) is 25.2 Å². The molecule has 2 aromatic rings. The van der Waals surface area contributed by atoms with Crippen molar-refractivity contribution < 1.29 is 4.42 Å². The molecule has 0 spiro atoms. The van der Waals surface area contributed by atoms with Gasteiger partial charge in [-0.2, -0.15) is 0 Å². The van der Waals surface area contributed by atoms with Crippen molar-refractivity contribution in [3.8, 4) is 0 Å². The summed E-state index contributed by atoms with van der Waals surface area (Å²) in [4.78, 5) is 0. The Labute approximate surface area is 110 Å². The van der Waals surface area contributed by atoms with Crippen LogP contribution in [0.1, 0.15) is 28.5 Å². The molecule has 0 aliphatic carbocycles. The van der Waals surface area contributed by atoms with Crippen LogP contribution in [0, 0.1) is 13.8 Å². The summed E-state index contributed by atoms with van der Waals surface area (Å²) in [5.41, 5.74) is 3.77. The van der Waals surface area contributed by atoms with Gasteiger partial charge in [0.1, 0.15) is 5.76 Å². The van der Waals surface area contributed by atoms with E-state index in [1.54, 1.807) is 6.26 Å². The maximum Gasteiger partial charge on any atom is 0.139 e. The van der Waals surface area contributed by atoms with E-state index in [4.69, 9.17) is 4.42 Å². The molecular weight excluding hydrogens is 278 g/mol. The van der Waals surface area contributed by atoms with Gasteiger partial charge in [0, 0.05) is 0 Å². The van der Waals surface area contributed by atoms with E-state index >= 15 is 0 Å². The Morgan fingerprint density at radius 2 is 2.00 bits per heavy atom. The van der Waals surface area contributed by atoms with E-state index in [9.17, 15) is 0 Å². The minimum absolute atomic E-state index is 0.0827. The van der Waals surface area contributed by atoms with Gasteiger partial charge in [0.2, 0.25) is 0 Å². The number of hydrogen-bond donors (Lipinski definition) is 1. The van der Waals surface area contributed by atoms with Crippen LogP contribution in [0.3, 0.4) is 0 Å². The predicted molar refractivity (Wildman–Crippen MR) is 73.2 cm³/mol. The normalized spacial score (nSPS) is 12.7. The van der Waals surface area contributed by atoms with E-state index in [2.05, 4.69) is 53.3 Å². The Morgan fingerprint density at radius 1 is 1.24 bits per heavy atom. The molecule has 2 rings (SSSR count). The average Bonchev–Trinajstić information content (AvgIpc) is 2.71. The van der Waals surface area contributed by atoms with E-state index in [1.807, 2.05) is 13.1 Å². The van der Waals surface area contributed by atoms with Crippen molar-refractivity contribution >= 4 is 15.9 Å². The van der Waals surface area contributed by atoms with E-state index in [1.165, 1.54) is 16.7 Å². The maximum absolute atomic E-state index is 5.56. The minimum Gasteiger partial charge on any atom is -0.466 e. The molecule has 1 atom stereocenters. The molecule has 0 bridgehead atoms. The lowest BCUT2D eigenvalue weighted by atomic mass is 9.97. The van der Waals surface area contributed by atoms with Crippen LogP contribution in [0.4, 0.5) is 0 Å². The van der Waals surface area contributed by atoms with Crippen molar-refractivity contribution in [2.75, 3.05) is 7.05 Å². The maximum atomic E-state index is 5.56. The molecule has 0 fully saturated rings. The number of nitrogens with one attached hydrogen (secondary N) is 1. The molecule has 0 radical (unpaired) electrons. The lowest BCUT2D eigenvalue weighted by Gasteiger charge is -2.18. The second-order valence-corrected chi connectivity index (χ2v) is 5.07. The van der Waals surface area contributed by atoms with Crippen LogP contribution in [0.15, 0.2) is 39.4 Å². The smallest absolute Gasteiger partial charge is 0.139 e. The van der Waals surface area contributed by atoms with Crippen LogP contribution >= 0.6 is 15.9 Å². The summed E-state index contributed by atoms with van der Waals surface area (Å²) < 4.78 is 6.56. The fourth-order valence-electron chi connectivity index (χ4n) is 2.01. The first-order valence-corrected chi connectivity index (χ1v) is 6.40. The minimum atomic E-state index is 0.0827. The van der Waals surface area contributed by atoms with Crippen molar-refractivity contribution in [3.63, 3.8) is 0 Å². The highest BCUT2D eigenvalue weighted by Gasteiger charge is 2.19. The summed E-state index contributed by atoms with van der Waals surface area (Å²) in [5, 5.41) is 3.31. The van der Waals surface area contributed by atoms with Gasteiger partial charge in [-0.15, -0.1) is 0 Å². The lowest BCUT2D eigenvalue weighted by Crippen LogP contribution is -2.18. The molecule has 1 heterocycles. The van der Waals surface area contributed by atoms with Crippen molar-refractivity contribution in [2.45, 2.75) is 19.9 Å². The average molecular weight is 294 g/mol. The summed E-state index contributed by atoms with van der Waals surface area (Å²) in [6.45, 7) is 4.22. The number of benzene rings is 1. The third-order valence-electron chi connectivity index (χ3n) is 2.94. The zero-order valence-electron chi connectivity index (χ0n) is 10.3. The second kappa shape index (κ2) is 5.07. The SMILES string of the molecule is CNC(c1cc(C)ccc1C)c1occc1Br. The zero-order chi connectivity index (χ0) is 12.4. The molecule has 3 heteroatoms. The monoisotopic (exact) mass is 293 g/mol. The molecule has 0 amide bonds. The number of rotatable bonds is 3. The van der Waals surface area contributed by atoms with Crippen LogP contribution < -0.4 is 5.32 Å². The largest absolute Gasteiger partial charge is 0.466 e. The van der Waals surface area contributed by atoms with Crippen LogP contribution in [0.25, 0.3) is 0 Å². The van der Waals surface area contributed by atoms with Gasteiger partial charge in [-0.1, -0.05) is 23.8 Å². The first kappa shape index (κ1) is 12.4. The molecule has 0 saturated heterocycles. The number of halogens is 1. The second-order valence-electron chi connectivity index (χ2n) is 4.21. The standard InChI is InChI=1S/C14H16BrNO/c1-9-4-5-10(2)11(8-9)13(16-3)14-12(15)6-7-17-14/h4-8,13,16H,1-3H3. The fourth-order valence-corrected chi connectivity index (χ4v) is 2.44. The molecule has 17 heavy (non-hydrogen) atoms. The highest BCUT2D eigenvalue weighted by molar-refractivity contribution is 9.10. The Bertz CT molecular complexity index is 519. The van der Waals surface area contributed by atoms with Gasteiger partial charge < -0.3 is 9.73 Å². The van der Waals surface area contributed by atoms with Crippen LogP contribution in [-0.2, 0) is 0 Å². The molecule has 2 nitrogen and oxygen atoms in total. The highest BCUT2D eigenvalue weighted by atomic mass is 79.9. The van der Waals surface area contributed by atoms with Crippen LogP contribution in [-0.4, -0.2) is 7.05 Å². The molecule has 1 aromatic heterocycles. The first-order valence-electron chi connectivity index (χ1n) is 5.60. The summed E-state index contributed by atoms with van der Waals surface area (Å²) in [7, 11) is 1.95. The van der Waals surface area contributed by atoms with Gasteiger partial charge in [0.05, 0.1) is 16.8 Å². The van der Waals surface area contributed by atoms with E-state index < -0.39 is 0 Å². The third-order valence-corrected chi connectivity index (χ3v) is 3.60. The first-order chi connectivity index (χ1) is 8.13. The van der Waals surface area contributed by atoms with Crippen LogP contribution in [0.5, 0.6) is 0 Å². The molecular formula is C14H16BrNO. The van der Waals surface area contributed by atoms with Gasteiger partial charge in [-0.25, -0.2) is 0 Å². The molecule has 0 aliphatic heterocycles.